The van der Waals surface area contributed by atoms with Crippen LogP contribution in [0.2, 0.25) is 5.02 Å². The molecule has 1 aromatic rings. The molecule has 0 aromatic heterocycles. The van der Waals surface area contributed by atoms with Crippen molar-refractivity contribution >= 4 is 21.4 Å². The van der Waals surface area contributed by atoms with Gasteiger partial charge in [-0.05, 0) is 43.4 Å². The molecule has 0 aliphatic heterocycles. The molecular formula is C12H14ClFO3S. The normalized spacial score (nSPS) is 24.4. The topological polar surface area (TPSA) is 54.4 Å². The predicted octanol–water partition coefficient (Wildman–Crippen LogP) is 2.41. The van der Waals surface area contributed by atoms with Crippen LogP contribution in [0.25, 0.3) is 0 Å². The third kappa shape index (κ3) is 2.53. The van der Waals surface area contributed by atoms with Crippen molar-refractivity contribution in [3.05, 3.63) is 29.0 Å². The molecule has 0 saturated heterocycles. The van der Waals surface area contributed by atoms with E-state index >= 15 is 0 Å². The lowest BCUT2D eigenvalue weighted by Crippen LogP contribution is -2.19. The fourth-order valence-electron chi connectivity index (χ4n) is 2.36. The lowest BCUT2D eigenvalue weighted by molar-refractivity contribution is 0.230. The van der Waals surface area contributed by atoms with Crippen LogP contribution in [0.5, 0.6) is 0 Å². The number of aliphatic hydroxyl groups excluding tert-OH is 1. The van der Waals surface area contributed by atoms with E-state index in [0.717, 1.165) is 12.1 Å². The van der Waals surface area contributed by atoms with Crippen LogP contribution >= 0.6 is 11.6 Å². The largest absolute Gasteiger partial charge is 0.396 e. The van der Waals surface area contributed by atoms with E-state index in [9.17, 15) is 12.8 Å². The number of hydrogen-bond donors (Lipinski definition) is 1. The van der Waals surface area contributed by atoms with E-state index in [2.05, 4.69) is 0 Å². The molecule has 1 aliphatic rings. The molecule has 0 amide bonds. The van der Waals surface area contributed by atoms with Crippen molar-refractivity contribution in [1.29, 1.82) is 0 Å². The Bertz CT molecular complexity index is 544. The highest BCUT2D eigenvalue weighted by Crippen LogP contribution is 2.35. The molecule has 0 heterocycles. The maximum atomic E-state index is 12.9. The van der Waals surface area contributed by atoms with Gasteiger partial charge in [0, 0.05) is 6.61 Å². The molecule has 1 aromatic carbocycles. The Hall–Kier alpha value is -0.650. The first-order valence-electron chi connectivity index (χ1n) is 5.75. The smallest absolute Gasteiger partial charge is 0.182 e. The second kappa shape index (κ2) is 5.15. The first-order valence-corrected chi connectivity index (χ1v) is 7.67. The number of hydrogen-bond acceptors (Lipinski definition) is 3. The van der Waals surface area contributed by atoms with Crippen LogP contribution in [0.4, 0.5) is 4.39 Å². The van der Waals surface area contributed by atoms with Crippen LogP contribution in [-0.2, 0) is 9.84 Å². The summed E-state index contributed by atoms with van der Waals surface area (Å²) in [6.45, 7) is 0.00314. The van der Waals surface area contributed by atoms with Gasteiger partial charge in [-0.15, -0.1) is 0 Å². The molecule has 0 bridgehead atoms. The third-order valence-corrected chi connectivity index (χ3v) is 6.09. The number of aliphatic hydroxyl groups is 1. The van der Waals surface area contributed by atoms with E-state index in [0.29, 0.717) is 19.3 Å². The zero-order valence-corrected chi connectivity index (χ0v) is 11.2. The maximum absolute atomic E-state index is 12.9. The summed E-state index contributed by atoms with van der Waals surface area (Å²) in [6, 6.07) is 3.31. The Morgan fingerprint density at radius 2 is 2.11 bits per heavy atom. The third-order valence-electron chi connectivity index (χ3n) is 3.39. The molecule has 1 aliphatic carbocycles. The molecule has 2 atom stereocenters. The lowest BCUT2D eigenvalue weighted by Gasteiger charge is -2.13. The fourth-order valence-corrected chi connectivity index (χ4v) is 4.77. The van der Waals surface area contributed by atoms with Gasteiger partial charge >= 0.3 is 0 Å². The predicted molar refractivity (Wildman–Crippen MR) is 66.8 cm³/mol. The standard InChI is InChI=1S/C12H14ClFO3S/c13-11-6-9(14)2-4-12(11)18(16,17)10-3-1-8(5-10)7-15/h2,4,6,8,10,15H,1,3,5,7H2/t8-,10+/m1/s1. The Balaban J connectivity index is 2.31. The van der Waals surface area contributed by atoms with Crippen molar-refractivity contribution in [3.8, 4) is 0 Å². The number of sulfone groups is 1. The van der Waals surface area contributed by atoms with Crippen molar-refractivity contribution in [1.82, 2.24) is 0 Å². The minimum absolute atomic E-state index is 0.00314. The van der Waals surface area contributed by atoms with Crippen molar-refractivity contribution in [2.24, 2.45) is 5.92 Å². The summed E-state index contributed by atoms with van der Waals surface area (Å²) in [6.07, 6.45) is 1.65. The molecule has 0 spiro atoms. The van der Waals surface area contributed by atoms with Crippen molar-refractivity contribution < 1.29 is 17.9 Å². The molecule has 1 N–H and O–H groups in total. The summed E-state index contributed by atoms with van der Waals surface area (Å²) in [4.78, 5) is -0.0193. The quantitative estimate of drug-likeness (QED) is 0.871. The molecule has 3 nitrogen and oxygen atoms in total. The fraction of sp³-hybridized carbons (Fsp3) is 0.500. The van der Waals surface area contributed by atoms with Crippen molar-refractivity contribution in [2.75, 3.05) is 6.61 Å². The molecule has 0 unspecified atom stereocenters. The minimum Gasteiger partial charge on any atom is -0.396 e. The SMILES string of the molecule is O=S(=O)(c1ccc(F)cc1Cl)[C@H]1CC[C@@H](CO)C1. The van der Waals surface area contributed by atoms with Gasteiger partial charge in [-0.2, -0.15) is 0 Å². The average molecular weight is 293 g/mol. The second-order valence-corrected chi connectivity index (χ2v) is 7.21. The molecule has 100 valence electrons. The Kier molecular flexibility index (Phi) is 3.94. The first kappa shape index (κ1) is 13.8. The van der Waals surface area contributed by atoms with Gasteiger partial charge in [0.05, 0.1) is 15.2 Å². The number of rotatable bonds is 3. The molecule has 2 rings (SSSR count). The maximum Gasteiger partial charge on any atom is 0.182 e. The number of benzene rings is 1. The summed E-state index contributed by atoms with van der Waals surface area (Å²) in [5, 5.41) is 8.43. The van der Waals surface area contributed by atoms with Gasteiger partial charge in [-0.3, -0.25) is 0 Å². The van der Waals surface area contributed by atoms with E-state index in [1.54, 1.807) is 0 Å². The van der Waals surface area contributed by atoms with E-state index in [-0.39, 0.29) is 22.4 Å². The second-order valence-electron chi connectivity index (χ2n) is 4.60. The van der Waals surface area contributed by atoms with E-state index < -0.39 is 20.9 Å². The van der Waals surface area contributed by atoms with Gasteiger partial charge < -0.3 is 5.11 Å². The highest BCUT2D eigenvalue weighted by atomic mass is 35.5. The van der Waals surface area contributed by atoms with Crippen LogP contribution in [0.3, 0.4) is 0 Å². The van der Waals surface area contributed by atoms with Crippen LogP contribution in [0.1, 0.15) is 19.3 Å². The van der Waals surface area contributed by atoms with Crippen LogP contribution in [0, 0.1) is 11.7 Å². The summed E-state index contributed by atoms with van der Waals surface area (Å²) < 4.78 is 37.6. The van der Waals surface area contributed by atoms with Crippen LogP contribution in [-0.4, -0.2) is 25.4 Å². The molecule has 1 saturated carbocycles. The highest BCUT2D eigenvalue weighted by Gasteiger charge is 2.36. The molecule has 0 radical (unpaired) electrons. The Labute approximate surface area is 111 Å². The monoisotopic (exact) mass is 292 g/mol. The Morgan fingerprint density at radius 3 is 2.67 bits per heavy atom. The molecule has 1 fully saturated rings. The van der Waals surface area contributed by atoms with Gasteiger partial charge in [0.25, 0.3) is 0 Å². The molecule has 6 heteroatoms. The summed E-state index contributed by atoms with van der Waals surface area (Å²) in [7, 11) is -3.54. The van der Waals surface area contributed by atoms with E-state index in [4.69, 9.17) is 16.7 Å². The van der Waals surface area contributed by atoms with Crippen molar-refractivity contribution in [2.45, 2.75) is 29.4 Å². The van der Waals surface area contributed by atoms with Crippen LogP contribution < -0.4 is 0 Å². The van der Waals surface area contributed by atoms with Gasteiger partial charge in [0.2, 0.25) is 0 Å². The van der Waals surface area contributed by atoms with Gasteiger partial charge in [0.15, 0.2) is 9.84 Å². The molecule has 18 heavy (non-hydrogen) atoms. The molecular weight excluding hydrogens is 279 g/mol. The summed E-state index contributed by atoms with van der Waals surface area (Å²) in [5.41, 5.74) is 0. The zero-order chi connectivity index (χ0) is 13.3. The zero-order valence-electron chi connectivity index (χ0n) is 9.64. The lowest BCUT2D eigenvalue weighted by atomic mass is 10.1. The Morgan fingerprint density at radius 1 is 1.39 bits per heavy atom. The average Bonchev–Trinajstić information content (AvgIpc) is 2.77. The van der Waals surface area contributed by atoms with E-state index in [1.165, 1.54) is 6.07 Å². The van der Waals surface area contributed by atoms with Crippen molar-refractivity contribution in [3.63, 3.8) is 0 Å². The first-order chi connectivity index (χ1) is 8.45. The summed E-state index contributed by atoms with van der Waals surface area (Å²) in [5.74, 6) is -0.525. The van der Waals surface area contributed by atoms with Crippen LogP contribution in [0.15, 0.2) is 23.1 Å². The highest BCUT2D eigenvalue weighted by molar-refractivity contribution is 7.92. The number of halogens is 2. The summed E-state index contributed by atoms with van der Waals surface area (Å²) >= 11 is 5.79. The van der Waals surface area contributed by atoms with Gasteiger partial charge in [0.1, 0.15) is 5.82 Å². The van der Waals surface area contributed by atoms with Gasteiger partial charge in [-0.1, -0.05) is 11.6 Å². The van der Waals surface area contributed by atoms with Gasteiger partial charge in [-0.25, -0.2) is 12.8 Å². The minimum atomic E-state index is -3.54. The van der Waals surface area contributed by atoms with E-state index in [1.807, 2.05) is 0 Å².